The smallest absolute Gasteiger partial charge is 0.153 e. The molecule has 0 amide bonds. The fourth-order valence-electron chi connectivity index (χ4n) is 20.5. The average Bonchev–Trinajstić information content (AvgIpc) is 1.57. The van der Waals surface area contributed by atoms with Crippen molar-refractivity contribution < 1.29 is 0 Å². The van der Waals surface area contributed by atoms with Crippen LogP contribution in [0.4, 0.5) is 5.69 Å². The number of para-hydroxylation sites is 3. The van der Waals surface area contributed by atoms with Crippen LogP contribution in [0.3, 0.4) is 0 Å². The van der Waals surface area contributed by atoms with Crippen LogP contribution in [0.1, 0.15) is 98.5 Å². The maximum atomic E-state index is 6.12. The first kappa shape index (κ1) is 65.3. The Morgan fingerprint density at radius 1 is 0.221 bits per heavy atom. The van der Waals surface area contributed by atoms with Crippen molar-refractivity contribution in [2.75, 3.05) is 5.32 Å². The van der Waals surface area contributed by atoms with Crippen molar-refractivity contribution in [3.63, 3.8) is 0 Å². The predicted octanol–water partition coefficient (Wildman–Crippen LogP) is 27.7. The Bertz CT molecular complexity index is 7400. The monoisotopic (exact) mass is 1450 g/mol. The SMILES string of the molecule is CC1(c2cccc(-n3c4ccccc4c4ccc(-c5ccc6c(c5)C(C)(C)c5ccccc5-6)cc43)c2)N=C(c2cccc(-n3c4ccccc4c4ccc(-c5ccc6c(c5)C(C)(C)c5ccccc5-6)cc43)c2)c2cc(-c3cccc(-n4c5ccccc5c5ccc(-c6ccc7c(c6)C(C)(C)c6ccccc6-7)cc54)c3)ccc2N1. The zero-order chi connectivity index (χ0) is 75.5. The second kappa shape index (κ2) is 23.7. The minimum Gasteiger partial charge on any atom is -0.357 e. The number of hydrogen-bond donors (Lipinski definition) is 1. The zero-order valence-corrected chi connectivity index (χ0v) is 64.2. The summed E-state index contributed by atoms with van der Waals surface area (Å²) >= 11 is 0. The normalized spacial score (nSPS) is 15.8. The van der Waals surface area contributed by atoms with Gasteiger partial charge >= 0.3 is 0 Å². The van der Waals surface area contributed by atoms with Gasteiger partial charge in [-0.15, -0.1) is 0 Å². The van der Waals surface area contributed by atoms with E-state index in [0.717, 1.165) is 78.3 Å². The number of hydrogen-bond acceptors (Lipinski definition) is 2. The van der Waals surface area contributed by atoms with Crippen molar-refractivity contribution in [1.29, 1.82) is 0 Å². The van der Waals surface area contributed by atoms with Crippen molar-refractivity contribution in [1.82, 2.24) is 13.7 Å². The third-order valence-electron chi connectivity index (χ3n) is 26.2. The van der Waals surface area contributed by atoms with Crippen molar-refractivity contribution >= 4 is 76.8 Å². The molecule has 1 aliphatic heterocycles. The summed E-state index contributed by atoms with van der Waals surface area (Å²) in [5.74, 6) is 0. The zero-order valence-electron chi connectivity index (χ0n) is 64.2. The lowest BCUT2D eigenvalue weighted by Gasteiger charge is -2.35. The maximum absolute atomic E-state index is 6.12. The van der Waals surface area contributed by atoms with Crippen LogP contribution in [0.25, 0.3) is 160 Å². The molecule has 4 heterocycles. The number of aromatic nitrogens is 3. The molecule has 1 N–H and O–H groups in total. The second-order valence-corrected chi connectivity index (χ2v) is 33.6. The third-order valence-corrected chi connectivity index (χ3v) is 26.2. The molecule has 1 unspecified atom stereocenters. The standard InChI is InChI=1S/C108H79N5/c1-105(2)91-35-14-8-29-78(91)81-48-41-67(58-94(81)105)70-44-51-87-84-32-11-17-38-98(84)111(101(87)61-70)75-26-20-23-65(55-75)66-47-54-97-90(57-66)104(73-24-21-27-76(56-73)112-99-39-18-12-33-85(99)88-52-45-71(62-102(88)112)68-42-49-82-79-30-9-15-36-92(79)106(3,4)95(82)59-68)110-108(7,109-97)74-25-22-28-77(64-74)113-100-40-19-13-34-86(100)89-53-46-72(63-103(89)113)69-43-50-83-80-31-10-16-37-93(80)107(5,6)96(83)60-69/h8-64,109H,1-7H3. The van der Waals surface area contributed by atoms with Gasteiger partial charge in [-0.1, -0.05) is 284 Å². The lowest BCUT2D eigenvalue weighted by atomic mass is 9.81. The number of benzene rings is 16. The molecule has 5 heteroatoms. The summed E-state index contributed by atoms with van der Waals surface area (Å²) in [5.41, 5.74) is 39.5. The van der Waals surface area contributed by atoms with Crippen LogP contribution in [0.2, 0.25) is 0 Å². The van der Waals surface area contributed by atoms with Crippen LogP contribution in [0.15, 0.2) is 351 Å². The first-order valence-corrected chi connectivity index (χ1v) is 39.8. The summed E-state index contributed by atoms with van der Waals surface area (Å²) in [6.45, 7) is 16.5. The average molecular weight is 1450 g/mol. The fourth-order valence-corrected chi connectivity index (χ4v) is 20.5. The van der Waals surface area contributed by atoms with Crippen LogP contribution >= 0.6 is 0 Å². The molecule has 3 aliphatic carbocycles. The van der Waals surface area contributed by atoms with Gasteiger partial charge in [0.05, 0.1) is 38.8 Å². The van der Waals surface area contributed by atoms with Gasteiger partial charge in [0, 0.05) is 88.0 Å². The van der Waals surface area contributed by atoms with E-state index in [2.05, 4.69) is 413 Å². The summed E-state index contributed by atoms with van der Waals surface area (Å²) in [5, 5.41) is 11.4. The van der Waals surface area contributed by atoms with E-state index in [4.69, 9.17) is 4.99 Å². The molecule has 0 spiro atoms. The van der Waals surface area contributed by atoms with E-state index in [1.54, 1.807) is 0 Å². The molecule has 19 aromatic rings. The van der Waals surface area contributed by atoms with Gasteiger partial charge in [0.2, 0.25) is 0 Å². The van der Waals surface area contributed by atoms with Crippen LogP contribution in [0.5, 0.6) is 0 Å². The summed E-state index contributed by atoms with van der Waals surface area (Å²) in [6, 6.07) is 130. The highest BCUT2D eigenvalue weighted by Crippen LogP contribution is 2.54. The van der Waals surface area contributed by atoms with Gasteiger partial charge < -0.3 is 19.0 Å². The number of aliphatic imine (C=N–C) groups is 1. The second-order valence-electron chi connectivity index (χ2n) is 33.6. The Morgan fingerprint density at radius 3 is 0.982 bits per heavy atom. The van der Waals surface area contributed by atoms with Gasteiger partial charge in [0.1, 0.15) is 0 Å². The topological polar surface area (TPSA) is 39.2 Å². The minimum absolute atomic E-state index is 0.107. The van der Waals surface area contributed by atoms with Crippen molar-refractivity contribution in [2.45, 2.75) is 70.4 Å². The van der Waals surface area contributed by atoms with E-state index >= 15 is 0 Å². The van der Waals surface area contributed by atoms with Gasteiger partial charge in [0.25, 0.3) is 0 Å². The predicted molar refractivity (Wildman–Crippen MR) is 473 cm³/mol. The first-order chi connectivity index (χ1) is 55.1. The highest BCUT2D eigenvalue weighted by molar-refractivity contribution is 6.19. The Morgan fingerprint density at radius 2 is 0.540 bits per heavy atom. The Balaban J connectivity index is 0.668. The fraction of sp³-hybridized carbons (Fsp3) is 0.102. The lowest BCUT2D eigenvalue weighted by molar-refractivity contribution is 0.572. The van der Waals surface area contributed by atoms with Crippen LogP contribution in [-0.2, 0) is 21.9 Å². The molecule has 4 aliphatic rings. The molecule has 1 atom stereocenters. The molecule has 0 radical (unpaired) electrons. The van der Waals surface area contributed by atoms with Gasteiger partial charge in [-0.05, 0) is 221 Å². The molecule has 0 fully saturated rings. The summed E-state index contributed by atoms with van der Waals surface area (Å²) in [4.78, 5) is 6.12. The van der Waals surface area contributed by atoms with Crippen molar-refractivity contribution in [3.8, 4) is 95.0 Å². The quantitative estimate of drug-likeness (QED) is 0.154. The Hall–Kier alpha value is -13.6. The van der Waals surface area contributed by atoms with E-state index in [1.165, 1.54) is 143 Å². The van der Waals surface area contributed by atoms with Gasteiger partial charge in [-0.25, -0.2) is 0 Å². The molecule has 0 bridgehead atoms. The molecular weight excluding hydrogens is 1370 g/mol. The summed E-state index contributed by atoms with van der Waals surface area (Å²) in [6.07, 6.45) is 0. The molecule has 0 saturated carbocycles. The molecule has 23 rings (SSSR count). The van der Waals surface area contributed by atoms with Crippen LogP contribution in [0, 0.1) is 0 Å². The summed E-state index contributed by atoms with van der Waals surface area (Å²) < 4.78 is 7.41. The Labute approximate surface area is 657 Å². The Kier molecular flexibility index (Phi) is 13.7. The highest BCUT2D eigenvalue weighted by Gasteiger charge is 2.40. The third kappa shape index (κ3) is 9.55. The van der Waals surface area contributed by atoms with E-state index in [0.29, 0.717) is 0 Å². The largest absolute Gasteiger partial charge is 0.357 e. The van der Waals surface area contributed by atoms with Crippen LogP contribution in [-0.4, -0.2) is 19.4 Å². The van der Waals surface area contributed by atoms with E-state index in [1.807, 2.05) is 0 Å². The first-order valence-electron chi connectivity index (χ1n) is 39.8. The van der Waals surface area contributed by atoms with Gasteiger partial charge in [-0.3, -0.25) is 4.99 Å². The number of rotatable bonds is 9. The highest BCUT2D eigenvalue weighted by atomic mass is 15.2. The molecule has 16 aromatic carbocycles. The molecule has 3 aromatic heterocycles. The number of nitrogens with one attached hydrogen (secondary N) is 1. The summed E-state index contributed by atoms with van der Waals surface area (Å²) in [7, 11) is 0. The van der Waals surface area contributed by atoms with E-state index in [-0.39, 0.29) is 16.2 Å². The number of anilines is 1. The molecule has 113 heavy (non-hydrogen) atoms. The molecule has 536 valence electrons. The van der Waals surface area contributed by atoms with E-state index in [9.17, 15) is 0 Å². The molecule has 0 saturated heterocycles. The number of fused-ring (bicyclic) bond motifs is 19. The maximum Gasteiger partial charge on any atom is 0.153 e. The van der Waals surface area contributed by atoms with Crippen molar-refractivity contribution in [3.05, 3.63) is 396 Å². The van der Waals surface area contributed by atoms with Crippen molar-refractivity contribution in [2.24, 2.45) is 4.99 Å². The van der Waals surface area contributed by atoms with Gasteiger partial charge in [-0.2, -0.15) is 0 Å². The molecule has 5 nitrogen and oxygen atoms in total. The number of nitrogens with zero attached hydrogens (tertiary/aromatic N) is 4. The minimum atomic E-state index is -0.932. The molecular formula is C108H79N5. The van der Waals surface area contributed by atoms with Gasteiger partial charge in [0.15, 0.2) is 5.66 Å². The van der Waals surface area contributed by atoms with Crippen LogP contribution < -0.4 is 5.32 Å². The lowest BCUT2D eigenvalue weighted by Crippen LogP contribution is -2.35. The van der Waals surface area contributed by atoms with E-state index < -0.39 is 5.66 Å².